The molecule has 2 aliphatic heterocycles. The van der Waals surface area contributed by atoms with Crippen molar-refractivity contribution in [3.8, 4) is 6.07 Å². The first kappa shape index (κ1) is 17.2. The van der Waals surface area contributed by atoms with Gasteiger partial charge in [-0.15, -0.1) is 0 Å². The Morgan fingerprint density at radius 3 is 2.45 bits per heavy atom. The van der Waals surface area contributed by atoms with Crippen LogP contribution in [0.3, 0.4) is 0 Å². The molecule has 0 saturated carbocycles. The number of hydrogen-bond acceptors (Lipinski definition) is 6. The van der Waals surface area contributed by atoms with Crippen molar-refractivity contribution in [3.63, 3.8) is 0 Å². The van der Waals surface area contributed by atoms with Gasteiger partial charge in [-0.25, -0.2) is 0 Å². The number of allylic oxidation sites excluding steroid dienone is 1. The van der Waals surface area contributed by atoms with Crippen LogP contribution in [0.5, 0.6) is 0 Å². The predicted octanol–water partition coefficient (Wildman–Crippen LogP) is 2.59. The molecule has 1 amide bonds. The largest absolute Gasteiger partial charge is 0.436 e. The maximum Gasteiger partial charge on any atom is 0.245 e. The van der Waals surface area contributed by atoms with Crippen LogP contribution in [0.25, 0.3) is 0 Å². The number of Topliss-reactive ketones (excluding diaryl/α,β-unsaturated/α-hetero) is 2. The highest BCUT2D eigenvalue weighted by atomic mass is 35.5. The van der Waals surface area contributed by atoms with Crippen molar-refractivity contribution in [1.29, 1.82) is 5.26 Å². The number of ketones is 2. The molecule has 29 heavy (non-hydrogen) atoms. The molecule has 2 heterocycles. The topological polar surface area (TPSA) is 122 Å². The third-order valence-corrected chi connectivity index (χ3v) is 5.61. The van der Waals surface area contributed by atoms with E-state index in [-0.39, 0.29) is 28.0 Å². The van der Waals surface area contributed by atoms with Crippen LogP contribution in [0.1, 0.15) is 26.3 Å². The van der Waals surface area contributed by atoms with Crippen molar-refractivity contribution in [2.45, 2.75) is 5.41 Å². The Labute approximate surface area is 169 Å². The number of carbonyl (C=O) groups excluding carboxylic acids is 3. The van der Waals surface area contributed by atoms with Gasteiger partial charge in [0.15, 0.2) is 11.5 Å². The van der Waals surface area contributed by atoms with Gasteiger partial charge in [-0.3, -0.25) is 14.4 Å². The summed E-state index contributed by atoms with van der Waals surface area (Å²) in [5.74, 6) is -2.57. The number of amides is 1. The predicted molar refractivity (Wildman–Crippen MR) is 102 cm³/mol. The molecule has 3 aliphatic rings. The summed E-state index contributed by atoms with van der Waals surface area (Å²) < 4.78 is 5.45. The lowest BCUT2D eigenvalue weighted by Gasteiger charge is -2.36. The standard InChI is InChI=1S/C21H10ClN3O4/c22-9-5-6-12-14(7-9)25-20(28)21(12)13(8-23)19(24)29-18-15(21)16(26)10-3-1-2-4-11(10)17(18)27/h1-7H,24H2,(H,25,28)/t21-/m0/s1. The first-order valence-electron chi connectivity index (χ1n) is 8.54. The maximum atomic E-state index is 13.5. The molecule has 1 spiro atoms. The molecule has 5 rings (SSSR count). The van der Waals surface area contributed by atoms with Crippen LogP contribution in [0.2, 0.25) is 5.02 Å². The minimum Gasteiger partial charge on any atom is -0.436 e. The van der Waals surface area contributed by atoms with E-state index in [0.29, 0.717) is 16.3 Å². The summed E-state index contributed by atoms with van der Waals surface area (Å²) in [6.07, 6.45) is 0. The molecule has 0 radical (unpaired) electrons. The fourth-order valence-electron chi connectivity index (χ4n) is 4.18. The second kappa shape index (κ2) is 5.56. The van der Waals surface area contributed by atoms with E-state index in [1.807, 2.05) is 6.07 Å². The van der Waals surface area contributed by atoms with Gasteiger partial charge in [0.2, 0.25) is 17.6 Å². The SMILES string of the molecule is N#CC1=C(N)OC2=C(C(=O)c3ccccc3C2=O)[C@@]12C(=O)Nc1cc(Cl)ccc12. The lowest BCUT2D eigenvalue weighted by Crippen LogP contribution is -2.47. The van der Waals surface area contributed by atoms with E-state index in [9.17, 15) is 19.6 Å². The van der Waals surface area contributed by atoms with Crippen LogP contribution in [-0.2, 0) is 14.9 Å². The first-order valence-corrected chi connectivity index (χ1v) is 8.92. The molecule has 1 aliphatic carbocycles. The highest BCUT2D eigenvalue weighted by Crippen LogP contribution is 2.54. The molecule has 0 bridgehead atoms. The van der Waals surface area contributed by atoms with Crippen LogP contribution in [0, 0.1) is 11.3 Å². The first-order chi connectivity index (χ1) is 13.9. The number of nitrogens with zero attached hydrogens (tertiary/aromatic N) is 1. The van der Waals surface area contributed by atoms with E-state index < -0.39 is 28.8 Å². The van der Waals surface area contributed by atoms with E-state index >= 15 is 0 Å². The fraction of sp³-hybridized carbons (Fsp3) is 0.0476. The van der Waals surface area contributed by atoms with Crippen LogP contribution in [0.4, 0.5) is 5.69 Å². The molecule has 1 atom stereocenters. The van der Waals surface area contributed by atoms with Gasteiger partial charge in [0.05, 0.1) is 5.57 Å². The molecular weight excluding hydrogens is 394 g/mol. The van der Waals surface area contributed by atoms with Gasteiger partial charge in [0.1, 0.15) is 17.1 Å². The molecule has 3 N–H and O–H groups in total. The molecule has 7 nitrogen and oxygen atoms in total. The molecule has 0 saturated heterocycles. The minimum absolute atomic E-state index is 0.132. The van der Waals surface area contributed by atoms with E-state index in [1.165, 1.54) is 30.3 Å². The highest BCUT2D eigenvalue weighted by molar-refractivity contribution is 6.33. The van der Waals surface area contributed by atoms with Crippen LogP contribution in [0.15, 0.2) is 65.3 Å². The van der Waals surface area contributed by atoms with Crippen molar-refractivity contribution in [2.75, 3.05) is 5.32 Å². The molecule has 0 fully saturated rings. The minimum atomic E-state index is -1.90. The number of carbonyl (C=O) groups is 3. The van der Waals surface area contributed by atoms with Crippen LogP contribution in [-0.4, -0.2) is 17.5 Å². The Balaban J connectivity index is 1.91. The van der Waals surface area contributed by atoms with Crippen molar-refractivity contribution in [2.24, 2.45) is 5.73 Å². The summed E-state index contributed by atoms with van der Waals surface area (Å²) in [5, 5.41) is 12.8. The number of benzene rings is 2. The summed E-state index contributed by atoms with van der Waals surface area (Å²) in [7, 11) is 0. The zero-order valence-electron chi connectivity index (χ0n) is 14.6. The number of anilines is 1. The average Bonchev–Trinajstić information content (AvgIpc) is 2.97. The summed E-state index contributed by atoms with van der Waals surface area (Å²) >= 11 is 6.04. The fourth-order valence-corrected chi connectivity index (χ4v) is 4.35. The van der Waals surface area contributed by atoms with Crippen LogP contribution < -0.4 is 11.1 Å². The maximum absolute atomic E-state index is 13.5. The van der Waals surface area contributed by atoms with Crippen molar-refractivity contribution < 1.29 is 19.1 Å². The van der Waals surface area contributed by atoms with E-state index in [1.54, 1.807) is 12.1 Å². The number of nitrogens with two attached hydrogens (primary N) is 1. The third-order valence-electron chi connectivity index (χ3n) is 5.37. The summed E-state index contributed by atoms with van der Waals surface area (Å²) in [4.78, 5) is 39.9. The normalized spacial score (nSPS) is 22.0. The number of ether oxygens (including phenoxy) is 1. The summed E-state index contributed by atoms with van der Waals surface area (Å²) in [6.45, 7) is 0. The smallest absolute Gasteiger partial charge is 0.245 e. The number of nitriles is 1. The van der Waals surface area contributed by atoms with Gasteiger partial charge in [-0.05, 0) is 12.1 Å². The van der Waals surface area contributed by atoms with Gasteiger partial charge in [-0.1, -0.05) is 41.9 Å². The molecule has 0 aromatic heterocycles. The molecule has 0 unspecified atom stereocenters. The Morgan fingerprint density at radius 2 is 1.76 bits per heavy atom. The van der Waals surface area contributed by atoms with Crippen LogP contribution >= 0.6 is 11.6 Å². The Hall–Kier alpha value is -3.89. The number of nitrogens with one attached hydrogen (secondary N) is 1. The molecule has 2 aromatic rings. The van der Waals surface area contributed by atoms with E-state index in [4.69, 9.17) is 22.1 Å². The van der Waals surface area contributed by atoms with Gasteiger partial charge < -0.3 is 15.8 Å². The van der Waals surface area contributed by atoms with Gasteiger partial charge >= 0.3 is 0 Å². The Kier molecular flexibility index (Phi) is 3.30. The van der Waals surface area contributed by atoms with Gasteiger partial charge in [0.25, 0.3) is 0 Å². The average molecular weight is 404 g/mol. The summed E-state index contributed by atoms with van der Waals surface area (Å²) in [6, 6.07) is 12.7. The number of hydrogen-bond donors (Lipinski definition) is 2. The lowest BCUT2D eigenvalue weighted by atomic mass is 9.64. The highest BCUT2D eigenvalue weighted by Gasteiger charge is 2.61. The number of rotatable bonds is 0. The summed E-state index contributed by atoms with van der Waals surface area (Å²) in [5.41, 5.74) is 4.51. The monoisotopic (exact) mass is 403 g/mol. The Morgan fingerprint density at radius 1 is 1.07 bits per heavy atom. The van der Waals surface area contributed by atoms with Gasteiger partial charge in [0, 0.05) is 27.4 Å². The van der Waals surface area contributed by atoms with Crippen molar-refractivity contribution in [3.05, 3.63) is 87.0 Å². The molecule has 2 aromatic carbocycles. The van der Waals surface area contributed by atoms with Crippen molar-refractivity contribution in [1.82, 2.24) is 0 Å². The zero-order chi connectivity index (χ0) is 20.5. The Bertz CT molecular complexity index is 1300. The second-order valence-electron chi connectivity index (χ2n) is 6.76. The van der Waals surface area contributed by atoms with E-state index in [0.717, 1.165) is 0 Å². The number of fused-ring (bicyclic) bond motifs is 4. The van der Waals surface area contributed by atoms with Crippen molar-refractivity contribution >= 4 is 34.8 Å². The molecular formula is C21H10ClN3O4. The quantitative estimate of drug-likeness (QED) is 0.697. The van der Waals surface area contributed by atoms with Gasteiger partial charge in [-0.2, -0.15) is 5.26 Å². The van der Waals surface area contributed by atoms with E-state index in [2.05, 4.69) is 5.32 Å². The third kappa shape index (κ3) is 1.93. The zero-order valence-corrected chi connectivity index (χ0v) is 15.3. The molecule has 8 heteroatoms. The number of halogens is 1. The molecule has 140 valence electrons. The second-order valence-corrected chi connectivity index (χ2v) is 7.19. The lowest BCUT2D eigenvalue weighted by molar-refractivity contribution is -0.118.